The lowest BCUT2D eigenvalue weighted by atomic mass is 9.85. The van der Waals surface area contributed by atoms with E-state index in [0.717, 1.165) is 12.1 Å². The van der Waals surface area contributed by atoms with Crippen molar-refractivity contribution in [2.75, 3.05) is 6.54 Å². The topological polar surface area (TPSA) is 3.24 Å². The Morgan fingerprint density at radius 1 is 1.08 bits per heavy atom. The molecule has 1 aliphatic carbocycles. The van der Waals surface area contributed by atoms with Gasteiger partial charge in [0.1, 0.15) is 0 Å². The highest BCUT2D eigenvalue weighted by Crippen LogP contribution is 2.39. The van der Waals surface area contributed by atoms with Crippen LogP contribution in [0.1, 0.15) is 46.5 Å². The van der Waals surface area contributed by atoms with Crippen LogP contribution in [0.5, 0.6) is 0 Å². The van der Waals surface area contributed by atoms with Crippen LogP contribution in [0.15, 0.2) is 0 Å². The molecule has 2 aliphatic rings. The van der Waals surface area contributed by atoms with Crippen LogP contribution in [0, 0.1) is 5.41 Å². The summed E-state index contributed by atoms with van der Waals surface area (Å²) in [4.78, 5) is 2.76. The zero-order valence-corrected chi connectivity index (χ0v) is 8.64. The zero-order chi connectivity index (χ0) is 8.77. The molecule has 1 heteroatoms. The molecule has 0 bridgehead atoms. The number of likely N-dealkylation sites (tertiary alicyclic amines) is 1. The Labute approximate surface area is 76.1 Å². The molecule has 1 saturated carbocycles. The van der Waals surface area contributed by atoms with Gasteiger partial charge >= 0.3 is 0 Å². The van der Waals surface area contributed by atoms with Crippen LogP contribution in [-0.4, -0.2) is 23.5 Å². The lowest BCUT2D eigenvalue weighted by molar-refractivity contribution is 0.134. The summed E-state index contributed by atoms with van der Waals surface area (Å²) in [5.74, 6) is 0. The third-order valence-electron chi connectivity index (χ3n) is 3.31. The Bertz CT molecular complexity index is 164. The van der Waals surface area contributed by atoms with Gasteiger partial charge in [0.15, 0.2) is 0 Å². The minimum atomic E-state index is 0.499. The van der Waals surface area contributed by atoms with Crippen molar-refractivity contribution in [3.63, 3.8) is 0 Å². The SMILES string of the molecule is CC(C)(C)[C@@H]1CCCN1C1CC1. The summed E-state index contributed by atoms with van der Waals surface area (Å²) in [6, 6.07) is 1.83. The van der Waals surface area contributed by atoms with Gasteiger partial charge in [-0.2, -0.15) is 0 Å². The van der Waals surface area contributed by atoms with Crippen LogP contribution in [0.25, 0.3) is 0 Å². The first-order valence-corrected chi connectivity index (χ1v) is 5.35. The number of hydrogen-bond donors (Lipinski definition) is 0. The molecule has 1 nitrogen and oxygen atoms in total. The fraction of sp³-hybridized carbons (Fsp3) is 1.00. The van der Waals surface area contributed by atoms with E-state index in [2.05, 4.69) is 25.7 Å². The molecule has 0 aromatic carbocycles. The van der Waals surface area contributed by atoms with Crippen LogP contribution in [0.2, 0.25) is 0 Å². The standard InChI is InChI=1S/C11H21N/c1-11(2,3)10-5-4-8-12(10)9-6-7-9/h9-10H,4-8H2,1-3H3/t10-/m0/s1. The third kappa shape index (κ3) is 1.52. The Hall–Kier alpha value is -0.0400. The maximum absolute atomic E-state index is 2.76. The van der Waals surface area contributed by atoms with Crippen LogP contribution in [0.4, 0.5) is 0 Å². The van der Waals surface area contributed by atoms with Gasteiger partial charge in [-0.05, 0) is 37.6 Å². The van der Waals surface area contributed by atoms with Crippen molar-refractivity contribution >= 4 is 0 Å². The van der Waals surface area contributed by atoms with Crippen molar-refractivity contribution in [1.82, 2.24) is 4.90 Å². The van der Waals surface area contributed by atoms with Gasteiger partial charge in [-0.15, -0.1) is 0 Å². The van der Waals surface area contributed by atoms with Crippen LogP contribution < -0.4 is 0 Å². The normalized spacial score (nSPS) is 32.8. The maximum Gasteiger partial charge on any atom is 0.0147 e. The Balaban J connectivity index is 2.03. The summed E-state index contributed by atoms with van der Waals surface area (Å²) in [6.07, 6.45) is 5.79. The van der Waals surface area contributed by atoms with Gasteiger partial charge in [0.2, 0.25) is 0 Å². The molecule has 0 unspecified atom stereocenters. The Morgan fingerprint density at radius 3 is 2.25 bits per heavy atom. The summed E-state index contributed by atoms with van der Waals surface area (Å²) in [6.45, 7) is 8.53. The van der Waals surface area contributed by atoms with E-state index in [1.807, 2.05) is 0 Å². The van der Waals surface area contributed by atoms with Gasteiger partial charge in [0.25, 0.3) is 0 Å². The molecule has 0 amide bonds. The predicted molar refractivity (Wildman–Crippen MR) is 52.2 cm³/mol. The Morgan fingerprint density at radius 2 is 1.75 bits per heavy atom. The summed E-state index contributed by atoms with van der Waals surface area (Å²) in [5.41, 5.74) is 0.499. The smallest absolute Gasteiger partial charge is 0.0147 e. The Kier molecular flexibility index (Phi) is 1.95. The van der Waals surface area contributed by atoms with Crippen LogP contribution in [-0.2, 0) is 0 Å². The maximum atomic E-state index is 2.76. The molecule has 2 fully saturated rings. The van der Waals surface area contributed by atoms with Crippen molar-refractivity contribution in [1.29, 1.82) is 0 Å². The number of nitrogens with zero attached hydrogens (tertiary/aromatic N) is 1. The molecular weight excluding hydrogens is 146 g/mol. The van der Waals surface area contributed by atoms with Crippen LogP contribution in [0.3, 0.4) is 0 Å². The van der Waals surface area contributed by atoms with Gasteiger partial charge < -0.3 is 0 Å². The second-order valence-corrected chi connectivity index (χ2v) is 5.49. The van der Waals surface area contributed by atoms with Gasteiger partial charge in [0, 0.05) is 12.1 Å². The minimum Gasteiger partial charge on any atom is -0.297 e. The molecule has 1 saturated heterocycles. The molecule has 0 aromatic rings. The van der Waals surface area contributed by atoms with E-state index in [0.29, 0.717) is 5.41 Å². The van der Waals surface area contributed by atoms with Crippen molar-refractivity contribution in [3.8, 4) is 0 Å². The van der Waals surface area contributed by atoms with Gasteiger partial charge in [-0.1, -0.05) is 20.8 Å². The molecule has 1 aliphatic heterocycles. The number of hydrogen-bond acceptors (Lipinski definition) is 1. The molecule has 1 heterocycles. The lowest BCUT2D eigenvalue weighted by Crippen LogP contribution is -2.40. The fourth-order valence-electron chi connectivity index (χ4n) is 2.56. The summed E-state index contributed by atoms with van der Waals surface area (Å²) in [7, 11) is 0. The molecule has 0 N–H and O–H groups in total. The molecule has 1 atom stereocenters. The lowest BCUT2D eigenvalue weighted by Gasteiger charge is -2.35. The van der Waals surface area contributed by atoms with Crippen molar-refractivity contribution in [2.45, 2.75) is 58.5 Å². The van der Waals surface area contributed by atoms with E-state index in [9.17, 15) is 0 Å². The zero-order valence-electron chi connectivity index (χ0n) is 8.64. The van der Waals surface area contributed by atoms with E-state index < -0.39 is 0 Å². The van der Waals surface area contributed by atoms with Crippen LogP contribution >= 0.6 is 0 Å². The van der Waals surface area contributed by atoms with E-state index in [1.54, 1.807) is 0 Å². The molecule has 70 valence electrons. The highest BCUT2D eigenvalue weighted by atomic mass is 15.2. The highest BCUT2D eigenvalue weighted by molar-refractivity contribution is 4.96. The van der Waals surface area contributed by atoms with E-state index in [4.69, 9.17) is 0 Å². The van der Waals surface area contributed by atoms with Crippen molar-refractivity contribution < 1.29 is 0 Å². The second-order valence-electron chi connectivity index (χ2n) is 5.49. The minimum absolute atomic E-state index is 0.499. The van der Waals surface area contributed by atoms with E-state index in [-0.39, 0.29) is 0 Å². The average Bonchev–Trinajstić information content (AvgIpc) is 2.65. The van der Waals surface area contributed by atoms with Gasteiger partial charge in [0.05, 0.1) is 0 Å². The molecular formula is C11H21N. The molecule has 0 aromatic heterocycles. The summed E-state index contributed by atoms with van der Waals surface area (Å²) >= 11 is 0. The number of rotatable bonds is 1. The quantitative estimate of drug-likeness (QED) is 0.580. The largest absolute Gasteiger partial charge is 0.297 e. The van der Waals surface area contributed by atoms with Crippen molar-refractivity contribution in [2.24, 2.45) is 5.41 Å². The first-order chi connectivity index (χ1) is 5.59. The molecule has 12 heavy (non-hydrogen) atoms. The second kappa shape index (κ2) is 2.73. The molecule has 0 radical (unpaired) electrons. The van der Waals surface area contributed by atoms with Crippen molar-refractivity contribution in [3.05, 3.63) is 0 Å². The molecule has 2 rings (SSSR count). The summed E-state index contributed by atoms with van der Waals surface area (Å²) < 4.78 is 0. The average molecular weight is 167 g/mol. The predicted octanol–water partition coefficient (Wildman–Crippen LogP) is 2.66. The van der Waals surface area contributed by atoms with E-state index >= 15 is 0 Å². The monoisotopic (exact) mass is 167 g/mol. The fourth-order valence-corrected chi connectivity index (χ4v) is 2.56. The van der Waals surface area contributed by atoms with Gasteiger partial charge in [-0.3, -0.25) is 4.90 Å². The first kappa shape index (κ1) is 8.55. The van der Waals surface area contributed by atoms with Gasteiger partial charge in [-0.25, -0.2) is 0 Å². The molecule has 0 spiro atoms. The third-order valence-corrected chi connectivity index (χ3v) is 3.31. The van der Waals surface area contributed by atoms with E-state index in [1.165, 1.54) is 32.2 Å². The summed E-state index contributed by atoms with van der Waals surface area (Å²) in [5, 5.41) is 0. The highest BCUT2D eigenvalue weighted by Gasteiger charge is 2.41. The first-order valence-electron chi connectivity index (χ1n) is 5.35.